The Hall–Kier alpha value is -7.30. The molecule has 0 N–H and O–H groups in total. The van der Waals surface area contributed by atoms with Gasteiger partial charge in [-0.1, -0.05) is 272 Å². The first-order valence-electron chi connectivity index (χ1n) is 24.5. The summed E-state index contributed by atoms with van der Waals surface area (Å²) in [5.41, 5.74) is 7.74. The average Bonchev–Trinajstić information content (AvgIpc) is 4.01. The molecule has 0 bridgehead atoms. The van der Waals surface area contributed by atoms with Gasteiger partial charge in [0.2, 0.25) is 11.8 Å². The fraction of sp³-hybridized carbons (Fsp3) is 0.231. The lowest BCUT2D eigenvalue weighted by Crippen LogP contribution is -2.48. The lowest BCUT2D eigenvalue weighted by Gasteiger charge is -2.40. The second-order valence-corrected chi connectivity index (χ2v) is 21.0. The van der Waals surface area contributed by atoms with Crippen molar-refractivity contribution in [1.82, 2.24) is 0 Å². The predicted molar refractivity (Wildman–Crippen MR) is 283 cm³/mol. The van der Waals surface area contributed by atoms with E-state index in [1.54, 1.807) is 0 Å². The maximum Gasteiger partial charge on any atom is 0.202 e. The summed E-state index contributed by atoms with van der Waals surface area (Å²) in [5.74, 6) is 1.18. The molecular weight excluding hydrogens is 841 g/mol. The van der Waals surface area contributed by atoms with Gasteiger partial charge in [0, 0.05) is 22.3 Å². The summed E-state index contributed by atoms with van der Waals surface area (Å²) < 4.78 is 16.2. The van der Waals surface area contributed by atoms with E-state index in [1.165, 1.54) is 11.1 Å². The van der Waals surface area contributed by atoms with Gasteiger partial charge in [-0.05, 0) is 57.1 Å². The highest BCUT2D eigenvalue weighted by Gasteiger charge is 2.61. The standard InChI is InChI=1S/C65H62N2O2/c1-61(2,3)51-41-37-47(38-42-51)45-63(46-48-39-43-52(44-40-48)62(4,5)6,59-66-57(49-25-13-7-14-26-49)64(68-59,53-29-17-9-18-30-53)54-31-19-10-20-32-54)60-67-58(50-27-15-8-16-28-50)65(69-60,55-33-21-11-22-34-55)56-35-23-12-24-36-56/h7-44,57-58H,45-46H2,1-6H3/t57-,58-/m0/s1. The second kappa shape index (κ2) is 18.3. The number of hydrogen-bond donors (Lipinski definition) is 0. The van der Waals surface area contributed by atoms with Crippen LogP contribution in [0.25, 0.3) is 0 Å². The summed E-state index contributed by atoms with van der Waals surface area (Å²) in [6, 6.07) is 81.2. The van der Waals surface area contributed by atoms with Crippen molar-refractivity contribution in [2.24, 2.45) is 15.4 Å². The van der Waals surface area contributed by atoms with E-state index in [1.807, 2.05) is 0 Å². The Labute approximate surface area is 409 Å². The summed E-state index contributed by atoms with van der Waals surface area (Å²) in [6.45, 7) is 13.6. The molecule has 4 heteroatoms. The molecule has 0 aliphatic carbocycles. The molecule has 0 unspecified atom stereocenters. The number of hydrogen-bond acceptors (Lipinski definition) is 4. The molecule has 0 spiro atoms. The Morgan fingerprint density at radius 1 is 0.348 bits per heavy atom. The van der Waals surface area contributed by atoms with Gasteiger partial charge in [0.1, 0.15) is 17.5 Å². The maximum absolute atomic E-state index is 8.08. The molecule has 2 heterocycles. The highest BCUT2D eigenvalue weighted by molar-refractivity contribution is 6.08. The molecule has 0 radical (unpaired) electrons. The van der Waals surface area contributed by atoms with Crippen LogP contribution in [0.1, 0.15) is 109 Å². The van der Waals surface area contributed by atoms with Crippen LogP contribution in [0.15, 0.2) is 241 Å². The van der Waals surface area contributed by atoms with Gasteiger partial charge in [-0.25, -0.2) is 9.98 Å². The summed E-state index contributed by atoms with van der Waals surface area (Å²) >= 11 is 0. The molecule has 8 aromatic carbocycles. The van der Waals surface area contributed by atoms with Crippen LogP contribution in [-0.4, -0.2) is 11.8 Å². The Morgan fingerprint density at radius 3 is 0.870 bits per heavy atom. The van der Waals surface area contributed by atoms with Crippen LogP contribution in [0.4, 0.5) is 0 Å². The Kier molecular flexibility index (Phi) is 12.1. The van der Waals surface area contributed by atoms with Gasteiger partial charge in [0.25, 0.3) is 0 Å². The summed E-state index contributed by atoms with van der Waals surface area (Å²) in [7, 11) is 0. The number of benzene rings is 8. The molecule has 2 aliphatic rings. The monoisotopic (exact) mass is 902 g/mol. The van der Waals surface area contributed by atoms with Crippen molar-refractivity contribution in [3.63, 3.8) is 0 Å². The summed E-state index contributed by atoms with van der Waals surface area (Å²) in [6.07, 6.45) is 0.997. The van der Waals surface area contributed by atoms with E-state index in [9.17, 15) is 0 Å². The Bertz CT molecular complexity index is 2740. The lowest BCUT2D eigenvalue weighted by molar-refractivity contribution is 0.0689. The van der Waals surface area contributed by atoms with Crippen molar-refractivity contribution < 1.29 is 9.47 Å². The average molecular weight is 903 g/mol. The van der Waals surface area contributed by atoms with E-state index < -0.39 is 28.7 Å². The van der Waals surface area contributed by atoms with Crippen molar-refractivity contribution in [3.05, 3.63) is 286 Å². The molecule has 10 rings (SSSR count). The molecule has 8 aromatic rings. The van der Waals surface area contributed by atoms with E-state index in [2.05, 4.69) is 272 Å². The van der Waals surface area contributed by atoms with Crippen LogP contribution in [-0.2, 0) is 44.3 Å². The van der Waals surface area contributed by atoms with E-state index in [-0.39, 0.29) is 10.8 Å². The van der Waals surface area contributed by atoms with Crippen LogP contribution in [0.3, 0.4) is 0 Å². The molecule has 0 fully saturated rings. The molecule has 0 aromatic heterocycles. The number of aliphatic imine (C=N–C) groups is 2. The smallest absolute Gasteiger partial charge is 0.202 e. The van der Waals surface area contributed by atoms with Crippen molar-refractivity contribution in [1.29, 1.82) is 0 Å². The Balaban J connectivity index is 1.29. The number of ether oxygens (including phenoxy) is 2. The first-order valence-corrected chi connectivity index (χ1v) is 24.5. The fourth-order valence-electron chi connectivity index (χ4n) is 10.6. The Morgan fingerprint density at radius 2 is 0.609 bits per heavy atom. The molecule has 2 atom stereocenters. The van der Waals surface area contributed by atoms with Gasteiger partial charge in [0.05, 0.1) is 0 Å². The first-order chi connectivity index (χ1) is 33.4. The normalized spacial score (nSPS) is 17.6. The zero-order chi connectivity index (χ0) is 47.7. The largest absolute Gasteiger partial charge is 0.461 e. The van der Waals surface area contributed by atoms with Crippen molar-refractivity contribution in [2.45, 2.75) is 88.5 Å². The van der Waals surface area contributed by atoms with Gasteiger partial charge < -0.3 is 9.47 Å². The minimum absolute atomic E-state index is 0.0243. The van der Waals surface area contributed by atoms with E-state index in [0.717, 1.165) is 44.5 Å². The molecular formula is C65H62N2O2. The van der Waals surface area contributed by atoms with Crippen molar-refractivity contribution in [3.8, 4) is 0 Å². The van der Waals surface area contributed by atoms with Gasteiger partial charge in [-0.3, -0.25) is 0 Å². The molecule has 2 aliphatic heterocycles. The molecule has 0 amide bonds. The number of rotatable bonds is 12. The SMILES string of the molecule is CC(C)(C)c1ccc(CC(Cc2ccc(C(C)(C)C)cc2)(C2=N[C@@H](c3ccccc3)C(c3ccccc3)(c3ccccc3)O2)C2=N[C@@H](c3ccccc3)C(c3ccccc3)(c3ccccc3)O2)cc1. The minimum atomic E-state index is -1.08. The van der Waals surface area contributed by atoms with Gasteiger partial charge >= 0.3 is 0 Å². The van der Waals surface area contributed by atoms with Crippen LogP contribution < -0.4 is 0 Å². The fourth-order valence-corrected chi connectivity index (χ4v) is 10.6. The highest BCUT2D eigenvalue weighted by atomic mass is 16.5. The quantitative estimate of drug-likeness (QED) is 0.123. The second-order valence-electron chi connectivity index (χ2n) is 21.0. The lowest BCUT2D eigenvalue weighted by atomic mass is 9.74. The molecule has 0 saturated carbocycles. The van der Waals surface area contributed by atoms with E-state index in [4.69, 9.17) is 19.5 Å². The molecule has 69 heavy (non-hydrogen) atoms. The van der Waals surface area contributed by atoms with E-state index >= 15 is 0 Å². The highest BCUT2D eigenvalue weighted by Crippen LogP contribution is 2.57. The first kappa shape index (κ1) is 45.5. The summed E-state index contributed by atoms with van der Waals surface area (Å²) in [4.78, 5) is 12.0. The molecule has 0 saturated heterocycles. The summed E-state index contributed by atoms with van der Waals surface area (Å²) in [5, 5.41) is 0. The number of nitrogens with zero attached hydrogens (tertiary/aromatic N) is 2. The van der Waals surface area contributed by atoms with Crippen molar-refractivity contribution >= 4 is 11.8 Å². The third-order valence-electron chi connectivity index (χ3n) is 14.3. The van der Waals surface area contributed by atoms with Crippen LogP contribution in [0, 0.1) is 5.41 Å². The maximum atomic E-state index is 8.08. The van der Waals surface area contributed by atoms with Crippen LogP contribution in [0.5, 0.6) is 0 Å². The van der Waals surface area contributed by atoms with Crippen molar-refractivity contribution in [2.75, 3.05) is 0 Å². The van der Waals surface area contributed by atoms with Gasteiger partial charge in [-0.15, -0.1) is 0 Å². The minimum Gasteiger partial charge on any atom is -0.461 e. The molecule has 344 valence electrons. The zero-order valence-corrected chi connectivity index (χ0v) is 40.7. The third-order valence-corrected chi connectivity index (χ3v) is 14.3. The topological polar surface area (TPSA) is 43.2 Å². The van der Waals surface area contributed by atoms with Crippen LogP contribution >= 0.6 is 0 Å². The van der Waals surface area contributed by atoms with E-state index in [0.29, 0.717) is 24.6 Å². The molecule has 4 nitrogen and oxygen atoms in total. The zero-order valence-electron chi connectivity index (χ0n) is 40.7. The third kappa shape index (κ3) is 8.52. The predicted octanol–water partition coefficient (Wildman–Crippen LogP) is 15.3. The van der Waals surface area contributed by atoms with Gasteiger partial charge in [-0.2, -0.15) is 0 Å². The van der Waals surface area contributed by atoms with Crippen LogP contribution in [0.2, 0.25) is 0 Å². The van der Waals surface area contributed by atoms with Gasteiger partial charge in [0.15, 0.2) is 11.2 Å².